The van der Waals surface area contributed by atoms with Gasteiger partial charge in [0.15, 0.2) is 6.10 Å². The molecule has 0 fully saturated rings. The zero-order valence-corrected chi connectivity index (χ0v) is 16.3. The molecule has 4 rings (SSSR count). The van der Waals surface area contributed by atoms with E-state index in [2.05, 4.69) is 5.32 Å². The van der Waals surface area contributed by atoms with Gasteiger partial charge in [0.2, 0.25) is 0 Å². The Labute approximate surface area is 164 Å². The van der Waals surface area contributed by atoms with Crippen molar-refractivity contribution in [3.8, 4) is 5.75 Å². The SMILES string of the molecule is CC[C@H](Oc1cccc(C)c1C)C(=O)Nc1ccc2c(c1)oc1ccccc12. The Kier molecular flexibility index (Phi) is 4.78. The van der Waals surface area contributed by atoms with Crippen molar-refractivity contribution in [1.29, 1.82) is 0 Å². The molecule has 0 aliphatic rings. The molecule has 1 heterocycles. The molecule has 1 amide bonds. The molecule has 28 heavy (non-hydrogen) atoms. The predicted molar refractivity (Wildman–Crippen MR) is 113 cm³/mol. The van der Waals surface area contributed by atoms with Crippen LogP contribution in [-0.2, 0) is 4.79 Å². The lowest BCUT2D eigenvalue weighted by molar-refractivity contribution is -0.122. The average molecular weight is 373 g/mol. The number of para-hydroxylation sites is 1. The number of hydrogen-bond donors (Lipinski definition) is 1. The van der Waals surface area contributed by atoms with Gasteiger partial charge in [-0.05, 0) is 55.7 Å². The van der Waals surface area contributed by atoms with Crippen LogP contribution in [0.1, 0.15) is 24.5 Å². The number of anilines is 1. The third-order valence-electron chi connectivity index (χ3n) is 5.13. The molecule has 0 saturated carbocycles. The van der Waals surface area contributed by atoms with Gasteiger partial charge in [-0.15, -0.1) is 0 Å². The van der Waals surface area contributed by atoms with Crippen molar-refractivity contribution >= 4 is 33.5 Å². The Hall–Kier alpha value is -3.27. The standard InChI is InChI=1S/C24H23NO3/c1-4-20(27-21-11-7-8-15(2)16(21)3)24(26)25-17-12-13-19-18-9-5-6-10-22(18)28-23(19)14-17/h5-14,20H,4H2,1-3H3,(H,25,26)/t20-/m0/s1. The van der Waals surface area contributed by atoms with Gasteiger partial charge in [-0.3, -0.25) is 4.79 Å². The summed E-state index contributed by atoms with van der Waals surface area (Å²) >= 11 is 0. The van der Waals surface area contributed by atoms with Gasteiger partial charge in [0.1, 0.15) is 16.9 Å². The molecule has 1 N–H and O–H groups in total. The summed E-state index contributed by atoms with van der Waals surface area (Å²) in [6.07, 6.45) is 0.0124. The molecule has 0 unspecified atom stereocenters. The van der Waals surface area contributed by atoms with Crippen LogP contribution in [0.2, 0.25) is 0 Å². The van der Waals surface area contributed by atoms with E-state index in [0.29, 0.717) is 12.1 Å². The first-order chi connectivity index (χ1) is 13.6. The number of ether oxygens (including phenoxy) is 1. The summed E-state index contributed by atoms with van der Waals surface area (Å²) in [6.45, 7) is 5.98. The van der Waals surface area contributed by atoms with E-state index in [1.807, 2.05) is 81.4 Å². The number of hydrogen-bond acceptors (Lipinski definition) is 3. The summed E-state index contributed by atoms with van der Waals surface area (Å²) in [5, 5.41) is 5.06. The number of furan rings is 1. The molecular formula is C24H23NO3. The lowest BCUT2D eigenvalue weighted by Gasteiger charge is -2.19. The van der Waals surface area contributed by atoms with E-state index in [-0.39, 0.29) is 5.91 Å². The predicted octanol–water partition coefficient (Wildman–Crippen LogP) is 6.00. The highest BCUT2D eigenvalue weighted by Crippen LogP contribution is 2.30. The summed E-state index contributed by atoms with van der Waals surface area (Å²) in [7, 11) is 0. The topological polar surface area (TPSA) is 51.5 Å². The van der Waals surface area contributed by atoms with Gasteiger partial charge in [-0.25, -0.2) is 0 Å². The number of carbonyl (C=O) groups excluding carboxylic acids is 1. The Morgan fingerprint density at radius 3 is 2.61 bits per heavy atom. The second kappa shape index (κ2) is 7.39. The largest absolute Gasteiger partial charge is 0.480 e. The first kappa shape index (κ1) is 18.1. The highest BCUT2D eigenvalue weighted by atomic mass is 16.5. The molecule has 0 aliphatic heterocycles. The van der Waals surface area contributed by atoms with Crippen LogP contribution in [0.4, 0.5) is 5.69 Å². The molecule has 4 nitrogen and oxygen atoms in total. The second-order valence-corrected chi connectivity index (χ2v) is 7.01. The van der Waals surface area contributed by atoms with Crippen molar-refractivity contribution in [1.82, 2.24) is 0 Å². The summed E-state index contributed by atoms with van der Waals surface area (Å²) in [5.41, 5.74) is 4.48. The molecular weight excluding hydrogens is 350 g/mol. The van der Waals surface area contributed by atoms with Crippen LogP contribution in [0.3, 0.4) is 0 Å². The van der Waals surface area contributed by atoms with Crippen LogP contribution in [0, 0.1) is 13.8 Å². The molecule has 0 radical (unpaired) electrons. The molecule has 4 heteroatoms. The van der Waals surface area contributed by atoms with E-state index in [1.165, 1.54) is 0 Å². The Balaban J connectivity index is 1.56. The Morgan fingerprint density at radius 1 is 1.00 bits per heavy atom. The maximum atomic E-state index is 12.8. The molecule has 0 saturated heterocycles. The normalized spacial score (nSPS) is 12.2. The van der Waals surface area contributed by atoms with Gasteiger partial charge in [0.25, 0.3) is 5.91 Å². The first-order valence-corrected chi connectivity index (χ1v) is 9.52. The average Bonchev–Trinajstić information content (AvgIpc) is 3.06. The van der Waals surface area contributed by atoms with E-state index >= 15 is 0 Å². The first-order valence-electron chi connectivity index (χ1n) is 9.52. The zero-order chi connectivity index (χ0) is 19.7. The number of benzene rings is 3. The van der Waals surface area contributed by atoms with E-state index in [1.54, 1.807) is 0 Å². The summed E-state index contributed by atoms with van der Waals surface area (Å²) < 4.78 is 11.9. The smallest absolute Gasteiger partial charge is 0.265 e. The summed E-state index contributed by atoms with van der Waals surface area (Å²) in [5.74, 6) is 0.577. The van der Waals surface area contributed by atoms with Crippen molar-refractivity contribution in [2.75, 3.05) is 5.32 Å². The van der Waals surface area contributed by atoms with Crippen LogP contribution < -0.4 is 10.1 Å². The Bertz CT molecular complexity index is 1160. The van der Waals surface area contributed by atoms with E-state index in [0.717, 1.165) is 38.8 Å². The van der Waals surface area contributed by atoms with Crippen molar-refractivity contribution in [2.24, 2.45) is 0 Å². The molecule has 1 aromatic heterocycles. The maximum Gasteiger partial charge on any atom is 0.265 e. The maximum absolute atomic E-state index is 12.8. The molecule has 0 aliphatic carbocycles. The fraction of sp³-hybridized carbons (Fsp3) is 0.208. The molecule has 0 spiro atoms. The fourth-order valence-electron chi connectivity index (χ4n) is 3.35. The molecule has 3 aromatic carbocycles. The summed E-state index contributed by atoms with van der Waals surface area (Å²) in [4.78, 5) is 12.8. The van der Waals surface area contributed by atoms with E-state index in [9.17, 15) is 4.79 Å². The number of nitrogens with one attached hydrogen (secondary N) is 1. The highest BCUT2D eigenvalue weighted by Gasteiger charge is 2.20. The number of aryl methyl sites for hydroxylation is 1. The van der Waals surface area contributed by atoms with Crippen molar-refractivity contribution in [2.45, 2.75) is 33.3 Å². The van der Waals surface area contributed by atoms with Gasteiger partial charge in [-0.1, -0.05) is 37.3 Å². The summed E-state index contributed by atoms with van der Waals surface area (Å²) in [6, 6.07) is 19.5. The third kappa shape index (κ3) is 3.33. The minimum Gasteiger partial charge on any atom is -0.480 e. The quantitative estimate of drug-likeness (QED) is 0.467. The van der Waals surface area contributed by atoms with Crippen molar-refractivity contribution < 1.29 is 13.9 Å². The molecule has 1 atom stereocenters. The van der Waals surface area contributed by atoms with Gasteiger partial charge in [0, 0.05) is 22.5 Å². The number of carbonyl (C=O) groups is 1. The monoisotopic (exact) mass is 373 g/mol. The zero-order valence-electron chi connectivity index (χ0n) is 16.3. The van der Waals surface area contributed by atoms with Gasteiger partial charge in [-0.2, -0.15) is 0 Å². The molecule has 0 bridgehead atoms. The van der Waals surface area contributed by atoms with Gasteiger partial charge in [0.05, 0.1) is 0 Å². The van der Waals surface area contributed by atoms with Crippen molar-refractivity contribution in [3.05, 3.63) is 71.8 Å². The van der Waals surface area contributed by atoms with Crippen LogP contribution in [0.25, 0.3) is 21.9 Å². The highest BCUT2D eigenvalue weighted by molar-refractivity contribution is 6.06. The number of rotatable bonds is 5. The number of amides is 1. The lowest BCUT2D eigenvalue weighted by Crippen LogP contribution is -2.32. The van der Waals surface area contributed by atoms with Crippen LogP contribution >= 0.6 is 0 Å². The third-order valence-corrected chi connectivity index (χ3v) is 5.13. The van der Waals surface area contributed by atoms with Crippen LogP contribution in [0.5, 0.6) is 5.75 Å². The molecule has 142 valence electrons. The Morgan fingerprint density at radius 2 is 1.79 bits per heavy atom. The van der Waals surface area contributed by atoms with Crippen molar-refractivity contribution in [3.63, 3.8) is 0 Å². The second-order valence-electron chi connectivity index (χ2n) is 7.01. The van der Waals surface area contributed by atoms with Crippen LogP contribution in [-0.4, -0.2) is 12.0 Å². The number of fused-ring (bicyclic) bond motifs is 3. The van der Waals surface area contributed by atoms with E-state index < -0.39 is 6.10 Å². The minimum atomic E-state index is -0.563. The van der Waals surface area contributed by atoms with Gasteiger partial charge < -0.3 is 14.5 Å². The van der Waals surface area contributed by atoms with E-state index in [4.69, 9.17) is 9.15 Å². The van der Waals surface area contributed by atoms with Crippen LogP contribution in [0.15, 0.2) is 65.1 Å². The molecule has 4 aromatic rings. The van der Waals surface area contributed by atoms with Gasteiger partial charge >= 0.3 is 0 Å². The fourth-order valence-corrected chi connectivity index (χ4v) is 3.35. The minimum absolute atomic E-state index is 0.168. The lowest BCUT2D eigenvalue weighted by atomic mass is 10.1.